The number of H-pyrrole nitrogens is 1. The molecule has 0 atom stereocenters. The van der Waals surface area contributed by atoms with E-state index in [1.54, 1.807) is 0 Å². The molecule has 0 unspecified atom stereocenters. The van der Waals surface area contributed by atoms with Crippen molar-refractivity contribution in [3.63, 3.8) is 0 Å². The Kier molecular flexibility index (Phi) is 6.81. The van der Waals surface area contributed by atoms with Gasteiger partial charge < -0.3 is 10.4 Å². The number of aliphatic hydroxyl groups excluding tert-OH is 1. The predicted octanol–water partition coefficient (Wildman–Crippen LogP) is 2.40. The molecule has 0 aliphatic heterocycles. The third-order valence-electron chi connectivity index (χ3n) is 3.90. The van der Waals surface area contributed by atoms with Crippen molar-refractivity contribution >= 4 is 11.5 Å². The molecule has 0 aliphatic rings. The zero-order chi connectivity index (χ0) is 17.4. The molecule has 0 spiro atoms. The number of aromatic nitrogens is 2. The van der Waals surface area contributed by atoms with Crippen LogP contribution in [0.25, 0.3) is 0 Å². The lowest BCUT2D eigenvalue weighted by molar-refractivity contribution is 0.274. The number of aliphatic hydroxyl groups is 1. The SMILES string of the molecule is CCCCCCc1ccc(Nc2cc(=O)[nH]c(=O)n2CCO)cc1. The molecule has 0 saturated heterocycles. The molecule has 1 heterocycles. The lowest BCUT2D eigenvalue weighted by Crippen LogP contribution is -2.31. The minimum Gasteiger partial charge on any atom is -0.395 e. The van der Waals surface area contributed by atoms with Gasteiger partial charge in [-0.05, 0) is 30.5 Å². The Balaban J connectivity index is 2.08. The first-order chi connectivity index (χ1) is 11.6. The van der Waals surface area contributed by atoms with Crippen LogP contribution in [-0.2, 0) is 13.0 Å². The molecule has 24 heavy (non-hydrogen) atoms. The van der Waals surface area contributed by atoms with Crippen LogP contribution in [0.4, 0.5) is 11.5 Å². The minimum atomic E-state index is -0.536. The van der Waals surface area contributed by atoms with E-state index in [2.05, 4.69) is 29.4 Å². The quantitative estimate of drug-likeness (QED) is 0.616. The van der Waals surface area contributed by atoms with Crippen LogP contribution < -0.4 is 16.6 Å². The van der Waals surface area contributed by atoms with Crippen molar-refractivity contribution in [3.8, 4) is 0 Å². The molecule has 0 fully saturated rings. The Morgan fingerprint density at radius 3 is 2.54 bits per heavy atom. The normalized spacial score (nSPS) is 10.8. The number of aryl methyl sites for hydroxylation is 1. The highest BCUT2D eigenvalue weighted by atomic mass is 16.3. The Morgan fingerprint density at radius 1 is 1.12 bits per heavy atom. The fraction of sp³-hybridized carbons (Fsp3) is 0.444. The van der Waals surface area contributed by atoms with Crippen molar-refractivity contribution in [2.75, 3.05) is 11.9 Å². The average Bonchev–Trinajstić information content (AvgIpc) is 2.56. The van der Waals surface area contributed by atoms with E-state index in [0.29, 0.717) is 5.82 Å². The standard InChI is InChI=1S/C18H25N3O3/c1-2-3-4-5-6-14-7-9-15(10-8-14)19-16-13-17(23)20-18(24)21(16)11-12-22/h7-10,13,19,22H,2-6,11-12H2,1H3,(H,20,23,24). The van der Waals surface area contributed by atoms with Crippen molar-refractivity contribution in [1.82, 2.24) is 9.55 Å². The molecule has 0 bridgehead atoms. The van der Waals surface area contributed by atoms with Gasteiger partial charge in [-0.25, -0.2) is 4.79 Å². The number of benzene rings is 1. The monoisotopic (exact) mass is 331 g/mol. The van der Waals surface area contributed by atoms with Crippen LogP contribution in [0.15, 0.2) is 39.9 Å². The molecule has 0 amide bonds. The van der Waals surface area contributed by atoms with E-state index < -0.39 is 11.2 Å². The molecule has 6 nitrogen and oxygen atoms in total. The highest BCUT2D eigenvalue weighted by molar-refractivity contribution is 5.56. The second-order valence-electron chi connectivity index (χ2n) is 5.83. The van der Waals surface area contributed by atoms with Crippen LogP contribution in [0, 0.1) is 0 Å². The number of nitrogens with one attached hydrogen (secondary N) is 2. The van der Waals surface area contributed by atoms with Gasteiger partial charge in [-0.3, -0.25) is 14.3 Å². The van der Waals surface area contributed by atoms with E-state index in [4.69, 9.17) is 5.11 Å². The fourth-order valence-electron chi connectivity index (χ4n) is 2.60. The fourth-order valence-corrected chi connectivity index (χ4v) is 2.60. The first-order valence-electron chi connectivity index (χ1n) is 8.45. The summed E-state index contributed by atoms with van der Waals surface area (Å²) in [5.41, 5.74) is 1.06. The number of anilines is 2. The number of aromatic amines is 1. The van der Waals surface area contributed by atoms with Crippen LogP contribution in [-0.4, -0.2) is 21.3 Å². The van der Waals surface area contributed by atoms with Gasteiger partial charge in [0, 0.05) is 11.8 Å². The van der Waals surface area contributed by atoms with E-state index in [9.17, 15) is 9.59 Å². The van der Waals surface area contributed by atoms with Crippen LogP contribution in [0.5, 0.6) is 0 Å². The van der Waals surface area contributed by atoms with Crippen molar-refractivity contribution < 1.29 is 5.11 Å². The second kappa shape index (κ2) is 9.08. The van der Waals surface area contributed by atoms with Gasteiger partial charge in [-0.1, -0.05) is 38.3 Å². The summed E-state index contributed by atoms with van der Waals surface area (Å²) in [5.74, 6) is 0.369. The zero-order valence-corrected chi connectivity index (χ0v) is 14.0. The van der Waals surface area contributed by atoms with Gasteiger partial charge in [0.25, 0.3) is 5.56 Å². The molecule has 130 valence electrons. The van der Waals surface area contributed by atoms with E-state index in [1.165, 1.54) is 41.9 Å². The van der Waals surface area contributed by atoms with Crippen molar-refractivity contribution in [2.45, 2.75) is 45.6 Å². The third-order valence-corrected chi connectivity index (χ3v) is 3.90. The molecule has 6 heteroatoms. The Hall–Kier alpha value is -2.34. The number of rotatable bonds is 9. The molecule has 1 aromatic heterocycles. The number of hydrogen-bond acceptors (Lipinski definition) is 4. The number of unbranched alkanes of at least 4 members (excludes halogenated alkanes) is 3. The van der Waals surface area contributed by atoms with Crippen LogP contribution in [0.3, 0.4) is 0 Å². The molecular formula is C18H25N3O3. The second-order valence-corrected chi connectivity index (χ2v) is 5.83. The lowest BCUT2D eigenvalue weighted by atomic mass is 10.1. The van der Waals surface area contributed by atoms with Gasteiger partial charge in [0.05, 0.1) is 13.2 Å². The highest BCUT2D eigenvalue weighted by Gasteiger charge is 2.06. The van der Waals surface area contributed by atoms with E-state index in [-0.39, 0.29) is 13.2 Å². The average molecular weight is 331 g/mol. The van der Waals surface area contributed by atoms with Gasteiger partial charge in [0.1, 0.15) is 5.82 Å². The highest BCUT2D eigenvalue weighted by Crippen LogP contribution is 2.16. The summed E-state index contributed by atoms with van der Waals surface area (Å²) >= 11 is 0. The topological polar surface area (TPSA) is 87.1 Å². The lowest BCUT2D eigenvalue weighted by Gasteiger charge is -2.13. The molecule has 0 saturated carbocycles. The summed E-state index contributed by atoms with van der Waals surface area (Å²) in [5, 5.41) is 12.2. The van der Waals surface area contributed by atoms with E-state index in [0.717, 1.165) is 12.1 Å². The Bertz CT molecular complexity index is 747. The van der Waals surface area contributed by atoms with Crippen molar-refractivity contribution in [1.29, 1.82) is 0 Å². The molecule has 0 radical (unpaired) electrons. The minimum absolute atomic E-state index is 0.119. The van der Waals surface area contributed by atoms with Gasteiger partial charge in [0.2, 0.25) is 0 Å². The smallest absolute Gasteiger partial charge is 0.329 e. The number of nitrogens with zero attached hydrogens (tertiary/aromatic N) is 1. The van der Waals surface area contributed by atoms with Crippen molar-refractivity contribution in [3.05, 3.63) is 56.7 Å². The van der Waals surface area contributed by atoms with Gasteiger partial charge in [0.15, 0.2) is 0 Å². The van der Waals surface area contributed by atoms with Gasteiger partial charge in [-0.2, -0.15) is 0 Å². The summed E-state index contributed by atoms with van der Waals surface area (Å²) < 4.78 is 1.31. The van der Waals surface area contributed by atoms with Gasteiger partial charge in [-0.15, -0.1) is 0 Å². The van der Waals surface area contributed by atoms with Gasteiger partial charge >= 0.3 is 5.69 Å². The van der Waals surface area contributed by atoms with Crippen LogP contribution >= 0.6 is 0 Å². The molecule has 2 rings (SSSR count). The maximum absolute atomic E-state index is 11.8. The summed E-state index contributed by atoms with van der Waals surface area (Å²) in [6.45, 7) is 2.14. The van der Waals surface area contributed by atoms with Crippen LogP contribution in [0.2, 0.25) is 0 Å². The summed E-state index contributed by atoms with van der Waals surface area (Å²) in [4.78, 5) is 25.5. The molecule has 3 N–H and O–H groups in total. The summed E-state index contributed by atoms with van der Waals surface area (Å²) in [6, 6.07) is 9.29. The first kappa shape index (κ1) is 18.0. The molecular weight excluding hydrogens is 306 g/mol. The number of hydrogen-bond donors (Lipinski definition) is 3. The predicted molar refractivity (Wildman–Crippen MR) is 96.0 cm³/mol. The zero-order valence-electron chi connectivity index (χ0n) is 14.0. The largest absolute Gasteiger partial charge is 0.395 e. The first-order valence-corrected chi connectivity index (χ1v) is 8.45. The van der Waals surface area contributed by atoms with Crippen molar-refractivity contribution in [2.24, 2.45) is 0 Å². The molecule has 0 aliphatic carbocycles. The summed E-state index contributed by atoms with van der Waals surface area (Å²) in [6.07, 6.45) is 5.99. The van der Waals surface area contributed by atoms with Crippen LogP contribution in [0.1, 0.15) is 38.2 Å². The third kappa shape index (κ3) is 5.09. The Morgan fingerprint density at radius 2 is 1.88 bits per heavy atom. The maximum Gasteiger partial charge on any atom is 0.329 e. The maximum atomic E-state index is 11.8. The summed E-state index contributed by atoms with van der Waals surface area (Å²) in [7, 11) is 0. The van der Waals surface area contributed by atoms with E-state index >= 15 is 0 Å². The Labute approximate surface area is 141 Å². The molecule has 2 aromatic rings. The van der Waals surface area contributed by atoms with E-state index in [1.807, 2.05) is 12.1 Å². The molecule has 1 aromatic carbocycles.